The summed E-state index contributed by atoms with van der Waals surface area (Å²) in [6.45, 7) is 0. The SMILES string of the molecule is CN(C)c1ccc(/C=N\NC(=Nc2ccccc2)c2ccccc2)cc1. The van der Waals surface area contributed by atoms with Crippen molar-refractivity contribution in [1.82, 2.24) is 5.43 Å². The first-order valence-corrected chi connectivity index (χ1v) is 8.48. The lowest BCUT2D eigenvalue weighted by atomic mass is 10.2. The van der Waals surface area contributed by atoms with E-state index in [1.165, 1.54) is 0 Å². The third-order valence-corrected chi connectivity index (χ3v) is 3.84. The molecule has 26 heavy (non-hydrogen) atoms. The second-order valence-corrected chi connectivity index (χ2v) is 6.02. The minimum absolute atomic E-state index is 0.706. The number of rotatable bonds is 5. The van der Waals surface area contributed by atoms with Gasteiger partial charge in [0.25, 0.3) is 0 Å². The Morgan fingerprint density at radius 1 is 0.808 bits per heavy atom. The second kappa shape index (κ2) is 8.62. The lowest BCUT2D eigenvalue weighted by molar-refractivity contribution is 1.03. The minimum atomic E-state index is 0.706. The van der Waals surface area contributed by atoms with Gasteiger partial charge < -0.3 is 4.90 Å². The van der Waals surface area contributed by atoms with Crippen LogP contribution in [0.1, 0.15) is 11.1 Å². The van der Waals surface area contributed by atoms with Gasteiger partial charge in [0.05, 0.1) is 11.9 Å². The van der Waals surface area contributed by atoms with Gasteiger partial charge in [-0.1, -0.05) is 60.7 Å². The Bertz CT molecular complexity index is 867. The molecule has 0 radical (unpaired) electrons. The van der Waals surface area contributed by atoms with Crippen LogP contribution in [0, 0.1) is 0 Å². The number of para-hydroxylation sites is 1. The number of hydrogen-bond acceptors (Lipinski definition) is 3. The van der Waals surface area contributed by atoms with Gasteiger partial charge in [0.15, 0.2) is 5.84 Å². The van der Waals surface area contributed by atoms with Gasteiger partial charge in [-0.05, 0) is 29.8 Å². The number of hydrazone groups is 1. The molecule has 3 aromatic rings. The molecular weight excluding hydrogens is 320 g/mol. The molecule has 0 aliphatic carbocycles. The van der Waals surface area contributed by atoms with E-state index in [0.29, 0.717) is 5.84 Å². The normalized spacial score (nSPS) is 11.5. The van der Waals surface area contributed by atoms with Crippen LogP contribution < -0.4 is 10.3 Å². The number of benzene rings is 3. The van der Waals surface area contributed by atoms with Gasteiger partial charge in [0.1, 0.15) is 0 Å². The van der Waals surface area contributed by atoms with Crippen molar-refractivity contribution >= 4 is 23.4 Å². The lowest BCUT2D eigenvalue weighted by Crippen LogP contribution is -2.18. The largest absolute Gasteiger partial charge is 0.378 e. The minimum Gasteiger partial charge on any atom is -0.378 e. The predicted octanol–water partition coefficient (Wildman–Crippen LogP) is 4.45. The Hall–Kier alpha value is -3.40. The highest BCUT2D eigenvalue weighted by molar-refractivity contribution is 6.00. The molecule has 130 valence electrons. The molecule has 4 nitrogen and oxygen atoms in total. The molecule has 0 heterocycles. The van der Waals surface area contributed by atoms with E-state index in [1.54, 1.807) is 6.21 Å². The molecule has 0 unspecified atom stereocenters. The van der Waals surface area contributed by atoms with Crippen LogP contribution in [0.2, 0.25) is 0 Å². The Morgan fingerprint density at radius 2 is 1.42 bits per heavy atom. The van der Waals surface area contributed by atoms with Crippen molar-refractivity contribution in [2.24, 2.45) is 10.1 Å². The van der Waals surface area contributed by atoms with E-state index < -0.39 is 0 Å². The second-order valence-electron chi connectivity index (χ2n) is 6.02. The van der Waals surface area contributed by atoms with Gasteiger partial charge in [-0.25, -0.2) is 4.99 Å². The van der Waals surface area contributed by atoms with Crippen LogP contribution in [0.4, 0.5) is 11.4 Å². The molecule has 1 N–H and O–H groups in total. The summed E-state index contributed by atoms with van der Waals surface area (Å²) in [7, 11) is 4.05. The topological polar surface area (TPSA) is 40.0 Å². The zero-order chi connectivity index (χ0) is 18.2. The molecular formula is C22H22N4. The van der Waals surface area contributed by atoms with Crippen molar-refractivity contribution in [3.8, 4) is 0 Å². The maximum atomic E-state index is 4.68. The van der Waals surface area contributed by atoms with E-state index in [0.717, 1.165) is 22.5 Å². The summed E-state index contributed by atoms with van der Waals surface area (Å²) in [5, 5.41) is 4.37. The summed E-state index contributed by atoms with van der Waals surface area (Å²) in [6, 6.07) is 28.0. The first-order valence-electron chi connectivity index (χ1n) is 8.48. The molecule has 0 fully saturated rings. The predicted molar refractivity (Wildman–Crippen MR) is 111 cm³/mol. The van der Waals surface area contributed by atoms with E-state index in [4.69, 9.17) is 0 Å². The van der Waals surface area contributed by atoms with Crippen LogP contribution in [-0.4, -0.2) is 26.1 Å². The number of nitrogens with one attached hydrogen (secondary N) is 1. The first kappa shape index (κ1) is 17.4. The number of hydrogen-bond donors (Lipinski definition) is 1. The van der Waals surface area contributed by atoms with Crippen molar-refractivity contribution in [2.45, 2.75) is 0 Å². The van der Waals surface area contributed by atoms with E-state index in [2.05, 4.69) is 32.6 Å². The maximum absolute atomic E-state index is 4.68. The maximum Gasteiger partial charge on any atom is 0.154 e. The molecule has 4 heteroatoms. The molecule has 0 aliphatic heterocycles. The lowest BCUT2D eigenvalue weighted by Gasteiger charge is -2.11. The summed E-state index contributed by atoms with van der Waals surface area (Å²) in [5.74, 6) is 0.706. The Balaban J connectivity index is 1.79. The quantitative estimate of drug-likeness (QED) is 0.423. The molecule has 0 saturated heterocycles. The highest BCUT2D eigenvalue weighted by Crippen LogP contribution is 2.13. The zero-order valence-corrected chi connectivity index (χ0v) is 15.0. The van der Waals surface area contributed by atoms with Crippen LogP contribution >= 0.6 is 0 Å². The highest BCUT2D eigenvalue weighted by Gasteiger charge is 2.02. The van der Waals surface area contributed by atoms with E-state index in [-0.39, 0.29) is 0 Å². The van der Waals surface area contributed by atoms with Gasteiger partial charge in [0.2, 0.25) is 0 Å². The van der Waals surface area contributed by atoms with E-state index >= 15 is 0 Å². The molecule has 0 bridgehead atoms. The first-order chi connectivity index (χ1) is 12.7. The van der Waals surface area contributed by atoms with E-state index in [1.807, 2.05) is 86.9 Å². The molecule has 3 aromatic carbocycles. The summed E-state index contributed by atoms with van der Waals surface area (Å²) < 4.78 is 0. The van der Waals surface area contributed by atoms with Crippen molar-refractivity contribution in [3.63, 3.8) is 0 Å². The van der Waals surface area contributed by atoms with Crippen LogP contribution in [-0.2, 0) is 0 Å². The number of anilines is 1. The molecule has 3 rings (SSSR count). The Morgan fingerprint density at radius 3 is 2.04 bits per heavy atom. The zero-order valence-electron chi connectivity index (χ0n) is 15.0. The third-order valence-electron chi connectivity index (χ3n) is 3.84. The highest BCUT2D eigenvalue weighted by atomic mass is 15.3. The van der Waals surface area contributed by atoms with Crippen molar-refractivity contribution < 1.29 is 0 Å². The van der Waals surface area contributed by atoms with Crippen molar-refractivity contribution in [3.05, 3.63) is 96.1 Å². The van der Waals surface area contributed by atoms with Crippen LogP contribution in [0.25, 0.3) is 0 Å². The van der Waals surface area contributed by atoms with Crippen LogP contribution in [0.15, 0.2) is 95.0 Å². The summed E-state index contributed by atoms with van der Waals surface area (Å²) >= 11 is 0. The molecule has 0 saturated carbocycles. The number of nitrogens with zero attached hydrogens (tertiary/aromatic N) is 3. The third kappa shape index (κ3) is 4.80. The van der Waals surface area contributed by atoms with Crippen molar-refractivity contribution in [1.29, 1.82) is 0 Å². The van der Waals surface area contributed by atoms with Crippen LogP contribution in [0.5, 0.6) is 0 Å². The number of amidine groups is 1. The van der Waals surface area contributed by atoms with Crippen molar-refractivity contribution in [2.75, 3.05) is 19.0 Å². The molecule has 0 aliphatic rings. The smallest absolute Gasteiger partial charge is 0.154 e. The molecule has 0 aromatic heterocycles. The Labute approximate surface area is 154 Å². The molecule has 0 atom stereocenters. The number of aliphatic imine (C=N–C) groups is 1. The fourth-order valence-corrected chi connectivity index (χ4v) is 2.41. The van der Waals surface area contributed by atoms with Gasteiger partial charge >= 0.3 is 0 Å². The van der Waals surface area contributed by atoms with E-state index in [9.17, 15) is 0 Å². The summed E-state index contributed by atoms with van der Waals surface area (Å²) in [5.41, 5.74) is 7.12. The molecule has 0 spiro atoms. The average Bonchev–Trinajstić information content (AvgIpc) is 2.69. The fraction of sp³-hybridized carbons (Fsp3) is 0.0909. The Kier molecular flexibility index (Phi) is 5.78. The van der Waals surface area contributed by atoms with Crippen LogP contribution in [0.3, 0.4) is 0 Å². The van der Waals surface area contributed by atoms with Gasteiger partial charge in [-0.3, -0.25) is 5.43 Å². The van der Waals surface area contributed by atoms with Gasteiger partial charge in [-0.2, -0.15) is 5.10 Å². The average molecular weight is 342 g/mol. The standard InChI is InChI=1S/C22H22N4/c1-26(2)21-15-13-18(14-16-21)17-23-25-22(19-9-5-3-6-10-19)24-20-11-7-4-8-12-20/h3-17H,1-2H3,(H,24,25)/b23-17-. The summed E-state index contributed by atoms with van der Waals surface area (Å²) in [6.07, 6.45) is 1.79. The summed E-state index contributed by atoms with van der Waals surface area (Å²) in [4.78, 5) is 6.75. The molecule has 0 amide bonds. The fourth-order valence-electron chi connectivity index (χ4n) is 2.41. The van der Waals surface area contributed by atoms with Gasteiger partial charge in [-0.15, -0.1) is 0 Å². The van der Waals surface area contributed by atoms with Gasteiger partial charge in [0, 0.05) is 25.3 Å². The monoisotopic (exact) mass is 342 g/mol.